The number of carbonyl (C=O) groups is 7. The number of unbranched alkanes of at least 4 members (excludes halogenated alkanes) is 2. The second-order valence-corrected chi connectivity index (χ2v) is 17.9. The van der Waals surface area contributed by atoms with E-state index in [-0.39, 0.29) is 69.3 Å². The summed E-state index contributed by atoms with van der Waals surface area (Å²) >= 11 is 0. The number of aliphatic hydroxyl groups excluding tert-OH is 2. The lowest BCUT2D eigenvalue weighted by Gasteiger charge is -2.33. The average Bonchev–Trinajstić information content (AvgIpc) is 3.92. The van der Waals surface area contributed by atoms with Gasteiger partial charge in [-0.3, -0.25) is 33.6 Å². The van der Waals surface area contributed by atoms with Gasteiger partial charge in [0, 0.05) is 24.7 Å². The van der Waals surface area contributed by atoms with Crippen LogP contribution in [-0.2, 0) is 35.2 Å². The number of ether oxygens (including phenoxy) is 1. The van der Waals surface area contributed by atoms with E-state index in [1.807, 2.05) is 18.2 Å². The van der Waals surface area contributed by atoms with Crippen LogP contribution in [0.2, 0.25) is 0 Å². The molecule has 3 aromatic carbocycles. The lowest BCUT2D eigenvalue weighted by Crippen LogP contribution is -2.62. The van der Waals surface area contributed by atoms with Crippen LogP contribution >= 0.6 is 0 Å². The fourth-order valence-corrected chi connectivity index (χ4v) is 8.89. The molecule has 12 N–H and O–H groups in total. The monoisotopic (exact) mass is 943 g/mol. The molecule has 7 amide bonds. The fraction of sp³-hybridized carbons (Fsp3) is 0.521. The maximum Gasteiger partial charge on any atom is 0.251 e. The molecule has 0 bridgehead atoms. The lowest BCUT2D eigenvalue weighted by atomic mass is 10.0. The molecule has 0 unspecified atom stereocenters. The maximum atomic E-state index is 14.2. The number of nitrogens with one attached hydrogen (secondary N) is 5. The normalized spacial score (nSPS) is 26.1. The summed E-state index contributed by atoms with van der Waals surface area (Å²) in [5.74, 6) is -4.62. The van der Waals surface area contributed by atoms with E-state index < -0.39 is 103 Å². The third-order valence-electron chi connectivity index (χ3n) is 12.7. The number of aromatic hydroxyl groups is 1. The van der Waals surface area contributed by atoms with E-state index in [1.165, 1.54) is 24.0 Å². The van der Waals surface area contributed by atoms with Crippen LogP contribution < -0.4 is 42.8 Å². The number of rotatable bonds is 12. The molecular formula is C48H65N9O11. The van der Waals surface area contributed by atoms with Crippen molar-refractivity contribution in [1.82, 2.24) is 36.4 Å². The SMILES string of the molecule is CCCCCOc1ccc2cc(C(=O)N[C@H]3CCCNC(=O)[C@@H]4C[C@H](N)CN4C(=O)[C@H]([C@H](C)O)NC(=O)[C@H](CCc4ccc(O)cc4)NC(=O)[C@@H]4CC[C@H](N)N4C(=O)[C@H](CO)NC3=O)ccc2c1. The zero-order valence-electron chi connectivity index (χ0n) is 38.5. The van der Waals surface area contributed by atoms with E-state index in [4.69, 9.17) is 16.2 Å². The van der Waals surface area contributed by atoms with Gasteiger partial charge in [-0.2, -0.15) is 0 Å². The topological polar surface area (TPSA) is 308 Å². The summed E-state index contributed by atoms with van der Waals surface area (Å²) in [5.41, 5.74) is 13.6. The molecule has 0 saturated carbocycles. The smallest absolute Gasteiger partial charge is 0.251 e. The Morgan fingerprint density at radius 3 is 2.28 bits per heavy atom. The Kier molecular flexibility index (Phi) is 17.7. The molecular weight excluding hydrogens is 879 g/mol. The van der Waals surface area contributed by atoms with Crippen molar-refractivity contribution in [1.29, 1.82) is 0 Å². The lowest BCUT2D eigenvalue weighted by molar-refractivity contribution is -0.145. The summed E-state index contributed by atoms with van der Waals surface area (Å²) in [5, 5.41) is 46.1. The van der Waals surface area contributed by atoms with Gasteiger partial charge in [-0.25, -0.2) is 0 Å². The van der Waals surface area contributed by atoms with Gasteiger partial charge in [-0.05, 0) is 111 Å². The van der Waals surface area contributed by atoms with Gasteiger partial charge in [0.2, 0.25) is 35.4 Å². The third kappa shape index (κ3) is 12.8. The number of phenols is 1. The summed E-state index contributed by atoms with van der Waals surface area (Å²) in [6.45, 7) is 3.00. The zero-order valence-corrected chi connectivity index (χ0v) is 38.5. The highest BCUT2D eigenvalue weighted by atomic mass is 16.5. The molecule has 3 aromatic rings. The number of carbonyl (C=O) groups excluding carboxylic acids is 7. The summed E-state index contributed by atoms with van der Waals surface area (Å²) in [6.07, 6.45) is 1.07. The van der Waals surface area contributed by atoms with Gasteiger partial charge in [0.1, 0.15) is 47.8 Å². The molecule has 9 atom stereocenters. The van der Waals surface area contributed by atoms with Gasteiger partial charge in [0.05, 0.1) is 25.5 Å². The minimum absolute atomic E-state index is 0.0175. The second-order valence-electron chi connectivity index (χ2n) is 17.9. The van der Waals surface area contributed by atoms with E-state index in [1.54, 1.807) is 30.3 Å². The first-order valence-corrected chi connectivity index (χ1v) is 23.4. The first-order chi connectivity index (χ1) is 32.6. The highest BCUT2D eigenvalue weighted by molar-refractivity contribution is 6.02. The largest absolute Gasteiger partial charge is 0.508 e. The number of phenolic OH excluding ortho intramolecular Hbond substituents is 1. The van der Waals surface area contributed by atoms with E-state index in [0.29, 0.717) is 17.9 Å². The van der Waals surface area contributed by atoms with Crippen LogP contribution in [-0.4, -0.2) is 147 Å². The van der Waals surface area contributed by atoms with Gasteiger partial charge in [-0.15, -0.1) is 0 Å². The molecule has 20 heteroatoms. The Morgan fingerprint density at radius 1 is 0.838 bits per heavy atom. The van der Waals surface area contributed by atoms with E-state index in [2.05, 4.69) is 33.5 Å². The molecule has 3 fully saturated rings. The second kappa shape index (κ2) is 23.6. The van der Waals surface area contributed by atoms with E-state index in [9.17, 15) is 48.9 Å². The minimum Gasteiger partial charge on any atom is -0.508 e. The summed E-state index contributed by atoms with van der Waals surface area (Å²) in [4.78, 5) is 101. The zero-order chi connectivity index (χ0) is 49.1. The molecule has 0 spiro atoms. The molecule has 3 heterocycles. The minimum atomic E-state index is -1.61. The predicted molar refractivity (Wildman–Crippen MR) is 249 cm³/mol. The molecule has 3 saturated heterocycles. The van der Waals surface area contributed by atoms with Gasteiger partial charge in [-0.1, -0.05) is 44.0 Å². The van der Waals surface area contributed by atoms with Crippen LogP contribution in [0.3, 0.4) is 0 Å². The molecule has 3 aliphatic rings. The first kappa shape index (κ1) is 51.0. The van der Waals surface area contributed by atoms with Gasteiger partial charge in [0.25, 0.3) is 5.91 Å². The molecule has 0 radical (unpaired) electrons. The first-order valence-electron chi connectivity index (χ1n) is 23.4. The van der Waals surface area contributed by atoms with Crippen LogP contribution in [0.1, 0.15) is 87.6 Å². The number of benzene rings is 3. The molecule has 0 aromatic heterocycles. The van der Waals surface area contributed by atoms with Crippen molar-refractivity contribution in [3.63, 3.8) is 0 Å². The van der Waals surface area contributed by atoms with Crippen LogP contribution in [0.15, 0.2) is 60.7 Å². The van der Waals surface area contributed by atoms with Gasteiger partial charge >= 0.3 is 0 Å². The van der Waals surface area contributed by atoms with Gasteiger partial charge in [0.15, 0.2) is 0 Å². The van der Waals surface area contributed by atoms with Crippen LogP contribution in [0.4, 0.5) is 0 Å². The number of nitrogens with two attached hydrogens (primary N) is 2. The van der Waals surface area contributed by atoms with Crippen LogP contribution in [0.5, 0.6) is 11.5 Å². The highest BCUT2D eigenvalue weighted by Gasteiger charge is 2.45. The molecule has 3 aliphatic heterocycles. The molecule has 20 nitrogen and oxygen atoms in total. The van der Waals surface area contributed by atoms with Gasteiger partial charge < -0.3 is 67.9 Å². The fourth-order valence-electron chi connectivity index (χ4n) is 8.89. The summed E-state index contributed by atoms with van der Waals surface area (Å²) in [6, 6.07) is 7.95. The van der Waals surface area contributed by atoms with E-state index in [0.717, 1.165) is 34.9 Å². The highest BCUT2D eigenvalue weighted by Crippen LogP contribution is 2.26. The predicted octanol–water partition coefficient (Wildman–Crippen LogP) is -0.213. The van der Waals surface area contributed by atoms with E-state index >= 15 is 0 Å². The quantitative estimate of drug-likeness (QED) is 0.105. The Morgan fingerprint density at radius 2 is 1.56 bits per heavy atom. The van der Waals surface area contributed by atoms with Crippen molar-refractivity contribution in [3.8, 4) is 11.5 Å². The third-order valence-corrected chi connectivity index (χ3v) is 12.7. The van der Waals surface area contributed by atoms with Crippen molar-refractivity contribution in [3.05, 3.63) is 71.8 Å². The number of amides is 7. The van der Waals surface area contributed by atoms with Crippen LogP contribution in [0, 0.1) is 0 Å². The number of nitrogens with zero attached hydrogens (tertiary/aromatic N) is 2. The number of hydrogen-bond donors (Lipinski definition) is 10. The molecule has 368 valence electrons. The Balaban J connectivity index is 1.28. The summed E-state index contributed by atoms with van der Waals surface area (Å²) < 4.78 is 5.89. The Bertz CT molecular complexity index is 2300. The Hall–Kier alpha value is -6.35. The molecule has 68 heavy (non-hydrogen) atoms. The maximum absolute atomic E-state index is 14.2. The van der Waals surface area contributed by atoms with Crippen LogP contribution in [0.25, 0.3) is 10.8 Å². The van der Waals surface area contributed by atoms with Crippen molar-refractivity contribution in [2.24, 2.45) is 11.5 Å². The van der Waals surface area contributed by atoms with Crippen molar-refractivity contribution in [2.75, 3.05) is 26.3 Å². The Labute approximate surface area is 394 Å². The number of fused-ring (bicyclic) bond motifs is 3. The number of aliphatic hydroxyl groups is 2. The molecule has 6 rings (SSSR count). The van der Waals surface area contributed by atoms with Crippen molar-refractivity contribution in [2.45, 2.75) is 133 Å². The van der Waals surface area contributed by atoms with Crippen molar-refractivity contribution < 1.29 is 53.6 Å². The standard InChI is InChI=1S/C48H65N9O11/c1-3-4-5-21-68-34-16-13-29-22-31(12-11-30(29)23-34)42(61)52-35-7-6-20-51-45(64)39-24-32(49)25-56(39)48(67)41(27(2)59)55-44(63)36(17-10-28-8-14-33(60)15-9-28)53-46(65)38-18-19-40(50)57(38)47(66)37(26-58)54-43(35)62/h8-9,11-16,22-23,27,32,35-41,58-60H,3-7,10,17-21,24-26,49-50H2,1-2H3,(H,51,64)(H,52,61)(H,53,65)(H,54,62)(H,55,63)/t27-,32-,35-,36-,37-,38-,39-,40+,41-/m0/s1. The molecule has 0 aliphatic carbocycles. The van der Waals surface area contributed by atoms with Crippen molar-refractivity contribution >= 4 is 52.1 Å². The number of hydrogen-bond acceptors (Lipinski definition) is 13. The summed E-state index contributed by atoms with van der Waals surface area (Å²) in [7, 11) is 0. The average molecular weight is 944 g/mol. The number of aryl methyl sites for hydroxylation is 1.